The zero-order chi connectivity index (χ0) is 43.9. The van der Waals surface area contributed by atoms with Gasteiger partial charge in [0.25, 0.3) is 5.91 Å². The third-order valence-electron chi connectivity index (χ3n) is 11.8. The molecule has 0 bridgehead atoms. The summed E-state index contributed by atoms with van der Waals surface area (Å²) in [6, 6.07) is 33.7. The second kappa shape index (κ2) is 19.3. The van der Waals surface area contributed by atoms with Crippen molar-refractivity contribution in [3.63, 3.8) is 0 Å². The number of hydrogen-bond acceptors (Lipinski definition) is 10. The minimum Gasteiger partial charge on any atom is -0.453 e. The van der Waals surface area contributed by atoms with E-state index in [2.05, 4.69) is 27.0 Å². The smallest absolute Gasteiger partial charge is 0.407 e. The zero-order valence-corrected chi connectivity index (χ0v) is 35.1. The average molecular weight is 851 g/mol. The third-order valence-corrected chi connectivity index (χ3v) is 11.8. The standard InChI is InChI=1S/C48H50N8O7/c1-62-47(60)53-41(32-11-5-3-6-12-32)45(58)55-25-9-15-39(55)43-49-29-38(52-43)35-22-24-37-34(27-35)21-23-36(51-37)31-19-17-30(18-20-31)28-50-44(57)40-16-10-26-56(40)46(59)42(54-48(61)63-2)33-13-7-4-8-14-33/h3-8,11-14,17-24,27,29,39-42,45,58H,9-10,15-16,25-26,28H2,1-2H3,(H,49,52)(H,50,57)(H,53,60)(H,54,61). The van der Waals surface area contributed by atoms with Crippen LogP contribution >= 0.6 is 0 Å². The Kier molecular flexibility index (Phi) is 13.0. The molecule has 6 aromatic rings. The number of ether oxygens (including phenoxy) is 2. The van der Waals surface area contributed by atoms with Gasteiger partial charge in [-0.15, -0.1) is 0 Å². The maximum absolute atomic E-state index is 13.7. The molecule has 2 saturated heterocycles. The highest BCUT2D eigenvalue weighted by atomic mass is 16.5. The molecule has 0 radical (unpaired) electrons. The molecule has 5 atom stereocenters. The summed E-state index contributed by atoms with van der Waals surface area (Å²) in [6.07, 6.45) is 2.28. The van der Waals surface area contributed by atoms with Crippen LogP contribution in [-0.2, 0) is 25.6 Å². The van der Waals surface area contributed by atoms with Gasteiger partial charge in [-0.1, -0.05) is 97.1 Å². The van der Waals surface area contributed by atoms with E-state index >= 15 is 0 Å². The SMILES string of the molecule is COC(=O)NC(C(=O)N1CCCC1C(=O)NCc1ccc(-c2ccc3cc(-c4cnc(C5CCCN5C(O)C(NC(=O)OC)c5ccccc5)[nH]4)ccc3n2)cc1)c1ccccc1. The predicted octanol–water partition coefficient (Wildman–Crippen LogP) is 6.55. The van der Waals surface area contributed by atoms with E-state index in [0.29, 0.717) is 31.5 Å². The number of likely N-dealkylation sites (tertiary alicyclic amines) is 2. The van der Waals surface area contributed by atoms with Crippen molar-refractivity contribution in [3.8, 4) is 22.5 Å². The van der Waals surface area contributed by atoms with E-state index in [1.807, 2.05) is 96.0 Å². The van der Waals surface area contributed by atoms with Gasteiger partial charge >= 0.3 is 12.2 Å². The Bertz CT molecular complexity index is 2550. The number of H-pyrrole nitrogens is 1. The summed E-state index contributed by atoms with van der Waals surface area (Å²) in [5.41, 5.74) is 6.60. The highest BCUT2D eigenvalue weighted by Gasteiger charge is 2.39. The van der Waals surface area contributed by atoms with Gasteiger partial charge in [-0.05, 0) is 60.6 Å². The number of aromatic nitrogens is 3. The Morgan fingerprint density at radius 3 is 2.21 bits per heavy atom. The molecule has 2 aliphatic heterocycles. The zero-order valence-electron chi connectivity index (χ0n) is 35.1. The van der Waals surface area contributed by atoms with E-state index < -0.39 is 36.5 Å². The summed E-state index contributed by atoms with van der Waals surface area (Å²) in [7, 11) is 2.54. The monoisotopic (exact) mass is 850 g/mol. The van der Waals surface area contributed by atoms with Gasteiger partial charge < -0.3 is 40.4 Å². The van der Waals surface area contributed by atoms with Crippen LogP contribution in [-0.4, -0.2) is 93.4 Å². The number of imidazole rings is 1. The van der Waals surface area contributed by atoms with Crippen molar-refractivity contribution in [1.82, 2.24) is 40.7 Å². The van der Waals surface area contributed by atoms with Gasteiger partial charge in [-0.3, -0.25) is 14.5 Å². The summed E-state index contributed by atoms with van der Waals surface area (Å²) >= 11 is 0. The van der Waals surface area contributed by atoms with Gasteiger partial charge in [0.2, 0.25) is 5.91 Å². The first-order chi connectivity index (χ1) is 30.7. The minimum absolute atomic E-state index is 0.184. The van der Waals surface area contributed by atoms with Crippen molar-refractivity contribution >= 4 is 34.9 Å². The first kappa shape index (κ1) is 42.6. The molecule has 2 aliphatic rings. The van der Waals surface area contributed by atoms with Crippen LogP contribution in [0.1, 0.15) is 66.3 Å². The van der Waals surface area contributed by atoms with E-state index in [4.69, 9.17) is 19.4 Å². The molecular formula is C48H50N8O7. The second-order valence-corrected chi connectivity index (χ2v) is 15.7. The number of nitrogens with zero attached hydrogens (tertiary/aromatic N) is 4. The molecule has 4 amide bonds. The first-order valence-electron chi connectivity index (χ1n) is 21.1. The van der Waals surface area contributed by atoms with Crippen molar-refractivity contribution < 1.29 is 33.8 Å². The van der Waals surface area contributed by atoms with Gasteiger partial charge in [0.15, 0.2) is 0 Å². The first-order valence-corrected chi connectivity index (χ1v) is 21.1. The van der Waals surface area contributed by atoms with E-state index in [1.54, 1.807) is 29.2 Å². The van der Waals surface area contributed by atoms with Crippen LogP contribution < -0.4 is 16.0 Å². The molecule has 15 heteroatoms. The summed E-state index contributed by atoms with van der Waals surface area (Å²) in [5.74, 6) is 0.122. The highest BCUT2D eigenvalue weighted by Crippen LogP contribution is 2.36. The maximum Gasteiger partial charge on any atom is 0.407 e. The lowest BCUT2D eigenvalue weighted by Crippen LogP contribution is -2.50. The number of amides is 4. The molecule has 0 aliphatic carbocycles. The van der Waals surface area contributed by atoms with Crippen LogP contribution in [0.3, 0.4) is 0 Å². The van der Waals surface area contributed by atoms with Crippen LogP contribution in [0, 0.1) is 0 Å². The number of methoxy groups -OCH3 is 2. The number of rotatable bonds is 13. The molecule has 4 heterocycles. The number of carbonyl (C=O) groups is 4. The third kappa shape index (κ3) is 9.54. The molecule has 0 saturated carbocycles. The minimum atomic E-state index is -1.02. The molecule has 324 valence electrons. The average Bonchev–Trinajstić information content (AvgIpc) is 4.14. The molecule has 2 aromatic heterocycles. The Morgan fingerprint density at radius 2 is 1.48 bits per heavy atom. The van der Waals surface area contributed by atoms with Crippen molar-refractivity contribution in [2.45, 2.75) is 62.6 Å². The molecule has 4 aromatic carbocycles. The number of aromatic amines is 1. The normalized spacial score (nSPS) is 17.7. The molecule has 2 fully saturated rings. The lowest BCUT2D eigenvalue weighted by molar-refractivity contribution is -0.140. The number of benzene rings is 4. The molecule has 63 heavy (non-hydrogen) atoms. The van der Waals surface area contributed by atoms with Crippen LogP contribution in [0.5, 0.6) is 0 Å². The van der Waals surface area contributed by atoms with Crippen molar-refractivity contribution in [1.29, 1.82) is 0 Å². The van der Waals surface area contributed by atoms with Crippen molar-refractivity contribution in [3.05, 3.63) is 144 Å². The number of aliphatic hydroxyl groups is 1. The van der Waals surface area contributed by atoms with E-state index in [-0.39, 0.29) is 24.4 Å². The van der Waals surface area contributed by atoms with E-state index in [0.717, 1.165) is 63.2 Å². The number of nitrogens with one attached hydrogen (secondary N) is 4. The fraction of sp³-hybridized carbons (Fsp3) is 0.292. The molecule has 5 N–H and O–H groups in total. The summed E-state index contributed by atoms with van der Waals surface area (Å²) in [5, 5.41) is 21.0. The Balaban J connectivity index is 0.897. The molecular weight excluding hydrogens is 801 g/mol. The molecule has 5 unspecified atom stereocenters. The number of pyridine rings is 1. The lowest BCUT2D eigenvalue weighted by atomic mass is 10.0. The van der Waals surface area contributed by atoms with E-state index in [1.165, 1.54) is 14.2 Å². The Labute approximate surface area is 364 Å². The van der Waals surface area contributed by atoms with Crippen LogP contribution in [0.4, 0.5) is 9.59 Å². The van der Waals surface area contributed by atoms with Crippen molar-refractivity contribution in [2.24, 2.45) is 0 Å². The summed E-state index contributed by atoms with van der Waals surface area (Å²) in [6.45, 7) is 1.32. The van der Waals surface area contributed by atoms with Gasteiger partial charge in [0, 0.05) is 36.1 Å². The number of hydrogen-bond donors (Lipinski definition) is 5. The number of aliphatic hydroxyl groups excluding tert-OH is 1. The Hall–Kier alpha value is -7.10. The fourth-order valence-electron chi connectivity index (χ4n) is 8.55. The molecule has 15 nitrogen and oxygen atoms in total. The van der Waals surface area contributed by atoms with Gasteiger partial charge in [-0.25, -0.2) is 19.6 Å². The molecule has 0 spiro atoms. The largest absolute Gasteiger partial charge is 0.453 e. The number of carbonyl (C=O) groups excluding carboxylic acids is 4. The molecule has 8 rings (SSSR count). The maximum atomic E-state index is 13.7. The summed E-state index contributed by atoms with van der Waals surface area (Å²) < 4.78 is 9.64. The Morgan fingerprint density at radius 1 is 0.794 bits per heavy atom. The fourth-order valence-corrected chi connectivity index (χ4v) is 8.55. The van der Waals surface area contributed by atoms with E-state index in [9.17, 15) is 24.3 Å². The number of alkyl carbamates (subject to hydrolysis) is 2. The second-order valence-electron chi connectivity index (χ2n) is 15.7. The van der Waals surface area contributed by atoms with Gasteiger partial charge in [0.05, 0.1) is 49.4 Å². The topological polar surface area (TPSA) is 191 Å². The van der Waals surface area contributed by atoms with Crippen LogP contribution in [0.2, 0.25) is 0 Å². The van der Waals surface area contributed by atoms with Gasteiger partial charge in [0.1, 0.15) is 24.1 Å². The predicted molar refractivity (Wildman–Crippen MR) is 235 cm³/mol. The number of fused-ring (bicyclic) bond motifs is 1. The lowest BCUT2D eigenvalue weighted by Gasteiger charge is -2.34. The summed E-state index contributed by atoms with van der Waals surface area (Å²) in [4.78, 5) is 68.3. The quantitative estimate of drug-likeness (QED) is 0.0852. The van der Waals surface area contributed by atoms with Crippen LogP contribution in [0.25, 0.3) is 33.4 Å². The van der Waals surface area contributed by atoms with Gasteiger partial charge in [-0.2, -0.15) is 0 Å². The van der Waals surface area contributed by atoms with Crippen molar-refractivity contribution in [2.75, 3.05) is 27.3 Å². The highest BCUT2D eigenvalue weighted by molar-refractivity contribution is 5.92. The van der Waals surface area contributed by atoms with Crippen LogP contribution in [0.15, 0.2) is 121 Å².